The van der Waals surface area contributed by atoms with Gasteiger partial charge in [-0.3, -0.25) is 0 Å². The lowest BCUT2D eigenvalue weighted by molar-refractivity contribution is 0.751. The third kappa shape index (κ3) is 2.01. The van der Waals surface area contributed by atoms with E-state index in [0.29, 0.717) is 12.5 Å². The molecule has 0 radical (unpaired) electrons. The highest BCUT2D eigenvalue weighted by molar-refractivity contribution is 5.85. The smallest absolute Gasteiger partial charge is 0.0921 e. The summed E-state index contributed by atoms with van der Waals surface area (Å²) in [6.45, 7) is 2.73. The molecule has 10 heavy (non-hydrogen) atoms. The Labute approximate surface area is 66.4 Å². The van der Waals surface area contributed by atoms with E-state index in [4.69, 9.17) is 5.73 Å². The van der Waals surface area contributed by atoms with E-state index in [9.17, 15) is 0 Å². The van der Waals surface area contributed by atoms with Crippen molar-refractivity contribution < 1.29 is 0 Å². The van der Waals surface area contributed by atoms with Gasteiger partial charge in [-0.25, -0.2) is 4.98 Å². The van der Waals surface area contributed by atoms with Crippen LogP contribution in [0.4, 0.5) is 0 Å². The summed E-state index contributed by atoms with van der Waals surface area (Å²) in [7, 11) is 0. The zero-order valence-corrected chi connectivity index (χ0v) is 6.69. The first kappa shape index (κ1) is 9.46. The number of nitrogens with two attached hydrogens (primary N) is 1. The average Bonchev–Trinajstić information content (AvgIpc) is 2.37. The van der Waals surface area contributed by atoms with Crippen molar-refractivity contribution in [3.63, 3.8) is 0 Å². The van der Waals surface area contributed by atoms with Crippen LogP contribution in [0.2, 0.25) is 0 Å². The molecule has 0 amide bonds. The van der Waals surface area contributed by atoms with Crippen LogP contribution in [0, 0.1) is 0 Å². The third-order valence-electron chi connectivity index (χ3n) is 1.40. The van der Waals surface area contributed by atoms with Crippen LogP contribution >= 0.6 is 12.4 Å². The van der Waals surface area contributed by atoms with Gasteiger partial charge in [0, 0.05) is 24.4 Å². The summed E-state index contributed by atoms with van der Waals surface area (Å²) < 4.78 is 0. The number of nitrogens with one attached hydrogen (secondary N) is 1. The Balaban J connectivity index is 0.000000810. The van der Waals surface area contributed by atoms with Crippen molar-refractivity contribution in [3.05, 3.63) is 18.2 Å². The molecule has 1 rings (SSSR count). The van der Waals surface area contributed by atoms with E-state index in [1.807, 2.05) is 0 Å². The Hall–Kier alpha value is -0.540. The second-order valence-electron chi connectivity index (χ2n) is 2.14. The fourth-order valence-electron chi connectivity index (χ4n) is 0.663. The molecule has 0 aliphatic heterocycles. The summed E-state index contributed by atoms with van der Waals surface area (Å²) in [6.07, 6.45) is 3.47. The number of rotatable bonds is 2. The van der Waals surface area contributed by atoms with E-state index in [2.05, 4.69) is 16.9 Å². The molecule has 3 N–H and O–H groups in total. The summed E-state index contributed by atoms with van der Waals surface area (Å²) in [4.78, 5) is 6.88. The molecular formula is C6H12ClN3. The van der Waals surface area contributed by atoms with Crippen molar-refractivity contribution in [3.8, 4) is 0 Å². The van der Waals surface area contributed by atoms with Crippen molar-refractivity contribution in [2.24, 2.45) is 5.73 Å². The molecule has 4 heteroatoms. The van der Waals surface area contributed by atoms with Gasteiger partial charge in [-0.1, -0.05) is 6.92 Å². The summed E-state index contributed by atoms with van der Waals surface area (Å²) in [5, 5.41) is 0. The molecule has 0 fully saturated rings. The number of aromatic nitrogens is 2. The molecule has 0 saturated heterocycles. The molecule has 0 aromatic carbocycles. The first-order valence-corrected chi connectivity index (χ1v) is 3.03. The van der Waals surface area contributed by atoms with E-state index >= 15 is 0 Å². The van der Waals surface area contributed by atoms with Crippen LogP contribution in [0.1, 0.15) is 18.5 Å². The van der Waals surface area contributed by atoms with Crippen molar-refractivity contribution >= 4 is 12.4 Å². The standard InChI is InChI=1S/C6H11N3.ClH/c1-5(2-7)6-3-8-4-9-6;/h3-5H,2,7H2,1H3,(H,8,9);1H. The maximum absolute atomic E-state index is 5.42. The highest BCUT2D eigenvalue weighted by atomic mass is 35.5. The molecule has 0 bridgehead atoms. The normalized spacial score (nSPS) is 12.2. The van der Waals surface area contributed by atoms with Crippen LogP contribution in [0.5, 0.6) is 0 Å². The van der Waals surface area contributed by atoms with E-state index < -0.39 is 0 Å². The maximum atomic E-state index is 5.42. The monoisotopic (exact) mass is 161 g/mol. The third-order valence-corrected chi connectivity index (χ3v) is 1.40. The van der Waals surface area contributed by atoms with Crippen LogP contribution in [0.3, 0.4) is 0 Å². The zero-order valence-electron chi connectivity index (χ0n) is 5.87. The zero-order chi connectivity index (χ0) is 6.69. The van der Waals surface area contributed by atoms with Gasteiger partial charge in [-0.2, -0.15) is 0 Å². The highest BCUT2D eigenvalue weighted by Crippen LogP contribution is 2.07. The predicted octanol–water partition coefficient (Wildman–Crippen LogP) is 0.894. The van der Waals surface area contributed by atoms with E-state index in [0.717, 1.165) is 5.69 Å². The number of hydrogen-bond donors (Lipinski definition) is 2. The summed E-state index contributed by atoms with van der Waals surface area (Å²) in [5.41, 5.74) is 6.52. The van der Waals surface area contributed by atoms with Gasteiger partial charge in [-0.05, 0) is 0 Å². The Morgan fingerprint density at radius 1 is 1.80 bits per heavy atom. The number of halogens is 1. The molecule has 1 aromatic rings. The van der Waals surface area contributed by atoms with Crippen LogP contribution < -0.4 is 5.73 Å². The minimum atomic E-state index is 0. The lowest BCUT2D eigenvalue weighted by Crippen LogP contribution is -2.08. The number of aromatic amines is 1. The Morgan fingerprint density at radius 2 is 2.50 bits per heavy atom. The first-order valence-electron chi connectivity index (χ1n) is 3.03. The van der Waals surface area contributed by atoms with Crippen molar-refractivity contribution in [2.45, 2.75) is 12.8 Å². The molecule has 0 aliphatic carbocycles. The van der Waals surface area contributed by atoms with E-state index in [1.54, 1.807) is 12.5 Å². The summed E-state index contributed by atoms with van der Waals surface area (Å²) in [5.74, 6) is 0.396. The molecule has 0 aliphatic rings. The van der Waals surface area contributed by atoms with E-state index in [1.165, 1.54) is 0 Å². The van der Waals surface area contributed by atoms with Gasteiger partial charge in [0.15, 0.2) is 0 Å². The number of imidazole rings is 1. The second-order valence-corrected chi connectivity index (χ2v) is 2.14. The summed E-state index contributed by atoms with van der Waals surface area (Å²) >= 11 is 0. The summed E-state index contributed by atoms with van der Waals surface area (Å²) in [6, 6.07) is 0. The average molecular weight is 162 g/mol. The fraction of sp³-hybridized carbons (Fsp3) is 0.500. The fourth-order valence-corrected chi connectivity index (χ4v) is 0.663. The Bertz CT molecular complexity index is 162. The quantitative estimate of drug-likeness (QED) is 0.677. The van der Waals surface area contributed by atoms with Crippen LogP contribution in [0.25, 0.3) is 0 Å². The van der Waals surface area contributed by atoms with E-state index in [-0.39, 0.29) is 12.4 Å². The van der Waals surface area contributed by atoms with Crippen LogP contribution in [0.15, 0.2) is 12.5 Å². The Morgan fingerprint density at radius 3 is 2.90 bits per heavy atom. The molecule has 58 valence electrons. The lowest BCUT2D eigenvalue weighted by Gasteiger charge is -2.02. The topological polar surface area (TPSA) is 54.7 Å². The number of H-pyrrole nitrogens is 1. The minimum Gasteiger partial charge on any atom is -0.348 e. The van der Waals surface area contributed by atoms with Crippen molar-refractivity contribution in [2.75, 3.05) is 6.54 Å². The van der Waals surface area contributed by atoms with Gasteiger partial charge in [0.25, 0.3) is 0 Å². The van der Waals surface area contributed by atoms with Crippen molar-refractivity contribution in [1.29, 1.82) is 0 Å². The maximum Gasteiger partial charge on any atom is 0.0921 e. The van der Waals surface area contributed by atoms with Gasteiger partial charge < -0.3 is 10.7 Å². The van der Waals surface area contributed by atoms with Gasteiger partial charge in [0.2, 0.25) is 0 Å². The molecule has 0 saturated carbocycles. The number of nitrogens with zero attached hydrogens (tertiary/aromatic N) is 1. The van der Waals surface area contributed by atoms with Gasteiger partial charge >= 0.3 is 0 Å². The molecule has 1 unspecified atom stereocenters. The van der Waals surface area contributed by atoms with Crippen molar-refractivity contribution in [1.82, 2.24) is 9.97 Å². The first-order chi connectivity index (χ1) is 4.34. The molecule has 1 heterocycles. The predicted molar refractivity (Wildman–Crippen MR) is 43.3 cm³/mol. The minimum absolute atomic E-state index is 0. The van der Waals surface area contributed by atoms with Crippen LogP contribution in [-0.4, -0.2) is 16.5 Å². The molecular weight excluding hydrogens is 150 g/mol. The lowest BCUT2D eigenvalue weighted by atomic mass is 10.1. The molecule has 3 nitrogen and oxygen atoms in total. The number of hydrogen-bond acceptors (Lipinski definition) is 2. The van der Waals surface area contributed by atoms with Gasteiger partial charge in [0.05, 0.1) is 6.33 Å². The van der Waals surface area contributed by atoms with Gasteiger partial charge in [-0.15, -0.1) is 12.4 Å². The van der Waals surface area contributed by atoms with Crippen LogP contribution in [-0.2, 0) is 0 Å². The second kappa shape index (κ2) is 4.30. The van der Waals surface area contributed by atoms with Gasteiger partial charge in [0.1, 0.15) is 0 Å². The molecule has 0 spiro atoms. The largest absolute Gasteiger partial charge is 0.348 e. The highest BCUT2D eigenvalue weighted by Gasteiger charge is 2.01. The molecule has 1 aromatic heterocycles. The Kier molecular flexibility index (Phi) is 4.07. The SMILES string of the molecule is CC(CN)c1cnc[nH]1.Cl. The molecule has 1 atom stereocenters.